The minimum absolute atomic E-state index is 0.00261. The summed E-state index contributed by atoms with van der Waals surface area (Å²) in [7, 11) is -0.569. The van der Waals surface area contributed by atoms with Gasteiger partial charge < -0.3 is 15.4 Å². The Morgan fingerprint density at radius 3 is 2.45 bits per heavy atom. The molecule has 0 saturated heterocycles. The van der Waals surface area contributed by atoms with Crippen LogP contribution in [0.2, 0.25) is 5.02 Å². The highest BCUT2D eigenvalue weighted by molar-refractivity contribution is 7.65. The smallest absolute Gasteiger partial charge is 0.416 e. The van der Waals surface area contributed by atoms with E-state index in [-0.39, 0.29) is 22.8 Å². The van der Waals surface area contributed by atoms with Gasteiger partial charge in [0.2, 0.25) is 0 Å². The van der Waals surface area contributed by atoms with Gasteiger partial charge in [-0.25, -0.2) is 4.79 Å². The van der Waals surface area contributed by atoms with Crippen molar-refractivity contribution in [2.45, 2.75) is 33.0 Å². The fraction of sp³-hybridized carbons (Fsp3) is 0.350. The average Bonchev–Trinajstić information content (AvgIpc) is 2.62. The van der Waals surface area contributed by atoms with Crippen molar-refractivity contribution in [2.24, 2.45) is 0 Å². The zero-order valence-electron chi connectivity index (χ0n) is 16.5. The van der Waals surface area contributed by atoms with Gasteiger partial charge in [-0.2, -0.15) is 13.2 Å². The normalized spacial score (nSPS) is 12.6. The maximum Gasteiger partial charge on any atom is 0.416 e. The first-order valence-corrected chi connectivity index (χ1v) is 11.3. The Morgan fingerprint density at radius 2 is 1.90 bits per heavy atom. The highest BCUT2D eigenvalue weighted by Gasteiger charge is 2.31. The van der Waals surface area contributed by atoms with E-state index in [1.165, 1.54) is 6.07 Å². The summed E-state index contributed by atoms with van der Waals surface area (Å²) in [4.78, 5) is 12.1. The molecule has 2 aromatic carbocycles. The third kappa shape index (κ3) is 6.51. The van der Waals surface area contributed by atoms with E-state index in [0.717, 1.165) is 23.6 Å². The number of nitrogens with one attached hydrogen (secondary N) is 2. The average molecular weight is 447 g/mol. The summed E-state index contributed by atoms with van der Waals surface area (Å²) in [5.41, 5.74) is -0.168. The van der Waals surface area contributed by atoms with E-state index >= 15 is 0 Å². The van der Waals surface area contributed by atoms with Gasteiger partial charge in [0.15, 0.2) is 0 Å². The van der Waals surface area contributed by atoms with Gasteiger partial charge in [-0.1, -0.05) is 26.4 Å². The fourth-order valence-electron chi connectivity index (χ4n) is 2.47. The number of hydrogen-bond donors (Lipinski definition) is 2. The van der Waals surface area contributed by atoms with Crippen LogP contribution in [0, 0.1) is 0 Å². The molecule has 2 amide bonds. The summed E-state index contributed by atoms with van der Waals surface area (Å²) in [5, 5.41) is 6.40. The molecule has 0 bridgehead atoms. The lowest BCUT2D eigenvalue weighted by atomic mass is 10.2. The zero-order chi connectivity index (χ0) is 21.8. The van der Waals surface area contributed by atoms with Gasteiger partial charge in [-0.3, -0.25) is 0 Å². The van der Waals surface area contributed by atoms with Crippen molar-refractivity contribution < 1.29 is 22.7 Å². The van der Waals surface area contributed by atoms with Crippen LogP contribution in [0.4, 0.5) is 23.7 Å². The van der Waals surface area contributed by atoms with Crippen molar-refractivity contribution in [3.05, 3.63) is 47.0 Å². The number of benzene rings is 2. The first-order chi connectivity index (χ1) is 13.5. The van der Waals surface area contributed by atoms with Gasteiger partial charge in [0, 0.05) is 11.3 Å². The van der Waals surface area contributed by atoms with Crippen molar-refractivity contribution in [2.75, 3.05) is 18.1 Å². The number of halogens is 4. The zero-order valence-corrected chi connectivity index (χ0v) is 18.2. The molecule has 0 aromatic heterocycles. The predicted molar refractivity (Wildman–Crippen MR) is 113 cm³/mol. The minimum atomic E-state index is -4.47. The van der Waals surface area contributed by atoms with Crippen LogP contribution in [0.5, 0.6) is 11.5 Å². The lowest BCUT2D eigenvalue weighted by Crippen LogP contribution is -2.35. The third-order valence-corrected chi connectivity index (χ3v) is 6.45. The summed E-state index contributed by atoms with van der Waals surface area (Å²) in [6.45, 7) is 7.85. The minimum Gasteiger partial charge on any atom is -0.456 e. The number of anilines is 1. The molecule has 2 rings (SSSR count). The molecule has 4 nitrogen and oxygen atoms in total. The molecule has 0 radical (unpaired) electrons. The number of ether oxygens (including phenoxy) is 1. The van der Waals surface area contributed by atoms with Gasteiger partial charge in [0.05, 0.1) is 16.3 Å². The molecular weight excluding hydrogens is 424 g/mol. The molecule has 29 heavy (non-hydrogen) atoms. The first-order valence-electron chi connectivity index (χ1n) is 8.98. The van der Waals surface area contributed by atoms with Crippen LogP contribution in [0.15, 0.2) is 36.4 Å². The Balaban J connectivity index is 2.29. The monoisotopic (exact) mass is 446 g/mol. The van der Waals surface area contributed by atoms with Crippen LogP contribution in [0.25, 0.3) is 0 Å². The number of amides is 2. The van der Waals surface area contributed by atoms with E-state index in [4.69, 9.17) is 16.3 Å². The van der Waals surface area contributed by atoms with Gasteiger partial charge >= 0.3 is 12.2 Å². The fourth-order valence-corrected chi connectivity index (χ4v) is 3.92. The van der Waals surface area contributed by atoms with Crippen molar-refractivity contribution in [3.63, 3.8) is 0 Å². The topological polar surface area (TPSA) is 50.4 Å². The summed E-state index contributed by atoms with van der Waals surface area (Å²) >= 11 is 5.98. The second-order valence-electron chi connectivity index (χ2n) is 6.69. The second kappa shape index (κ2) is 9.68. The van der Waals surface area contributed by atoms with Crippen LogP contribution in [-0.2, 0) is 6.18 Å². The van der Waals surface area contributed by atoms with Gasteiger partial charge in [-0.15, -0.1) is 0 Å². The van der Waals surface area contributed by atoms with E-state index < -0.39 is 19.7 Å². The second-order valence-corrected chi connectivity index (χ2v) is 9.61. The van der Waals surface area contributed by atoms with Gasteiger partial charge in [-0.05, 0) is 63.1 Å². The first kappa shape index (κ1) is 23.3. The molecule has 0 saturated carbocycles. The van der Waals surface area contributed by atoms with Crippen LogP contribution in [0.3, 0.4) is 0 Å². The number of hydrogen-bond acceptors (Lipinski definition) is 2. The number of rotatable bonds is 6. The summed E-state index contributed by atoms with van der Waals surface area (Å²) in [5.74, 6) is 0.556. The molecule has 158 valence electrons. The molecule has 2 N–H and O–H groups in total. The Morgan fingerprint density at radius 1 is 1.21 bits per heavy atom. The van der Waals surface area contributed by atoms with Crippen LogP contribution < -0.4 is 20.7 Å². The lowest BCUT2D eigenvalue weighted by Gasteiger charge is -2.19. The standard InChI is InChI=1S/C20H23ClF3N2O2P/c1-5-29(4)18-11-14(7-8-16(18)26-19(27)25-12(2)3)28-17-9-6-13(10-15(17)21)20(22,23)24/h6-12H,5H2,1-4H3,(H2,25,26,27). The van der Waals surface area contributed by atoms with Crippen molar-refractivity contribution in [1.82, 2.24) is 5.32 Å². The van der Waals surface area contributed by atoms with Crippen LogP contribution >= 0.6 is 19.5 Å². The Kier molecular flexibility index (Phi) is 7.78. The molecule has 1 atom stereocenters. The Hall–Kier alpha value is -1.98. The summed E-state index contributed by atoms with van der Waals surface area (Å²) in [6, 6.07) is 7.79. The molecule has 9 heteroatoms. The van der Waals surface area contributed by atoms with E-state index in [1.54, 1.807) is 18.2 Å². The largest absolute Gasteiger partial charge is 0.456 e. The van der Waals surface area contributed by atoms with Crippen LogP contribution in [0.1, 0.15) is 26.3 Å². The van der Waals surface area contributed by atoms with E-state index in [0.29, 0.717) is 11.4 Å². The summed E-state index contributed by atoms with van der Waals surface area (Å²) in [6.07, 6.45) is -3.58. The SMILES string of the molecule is CCP(C)c1cc(Oc2ccc(C(F)(F)F)cc2Cl)ccc1NC(=O)NC(C)C. The number of urea groups is 1. The van der Waals surface area contributed by atoms with Crippen molar-refractivity contribution in [3.8, 4) is 11.5 Å². The number of alkyl halides is 3. The maximum atomic E-state index is 12.8. The molecule has 0 aliphatic heterocycles. The lowest BCUT2D eigenvalue weighted by molar-refractivity contribution is -0.137. The molecule has 1 unspecified atom stereocenters. The van der Waals surface area contributed by atoms with E-state index in [9.17, 15) is 18.0 Å². The number of carbonyl (C=O) groups excluding carboxylic acids is 1. The molecule has 0 aliphatic carbocycles. The third-order valence-electron chi connectivity index (χ3n) is 4.01. The number of carbonyl (C=O) groups is 1. The quantitative estimate of drug-likeness (QED) is 0.502. The maximum absolute atomic E-state index is 12.8. The van der Waals surface area contributed by atoms with E-state index in [2.05, 4.69) is 17.3 Å². The van der Waals surface area contributed by atoms with Crippen molar-refractivity contribution >= 4 is 36.5 Å². The predicted octanol–water partition coefficient (Wildman–Crippen LogP) is 6.44. The van der Waals surface area contributed by atoms with Crippen molar-refractivity contribution in [1.29, 1.82) is 0 Å². The van der Waals surface area contributed by atoms with Crippen LogP contribution in [-0.4, -0.2) is 24.9 Å². The highest BCUT2D eigenvalue weighted by atomic mass is 35.5. The molecular formula is C20H23ClF3N2O2P. The summed E-state index contributed by atoms with van der Waals surface area (Å²) < 4.78 is 44.1. The highest BCUT2D eigenvalue weighted by Crippen LogP contribution is 2.38. The molecule has 0 heterocycles. The van der Waals surface area contributed by atoms with E-state index in [1.807, 2.05) is 20.8 Å². The van der Waals surface area contributed by atoms with Gasteiger partial charge in [0.25, 0.3) is 0 Å². The molecule has 0 aliphatic rings. The molecule has 0 spiro atoms. The molecule has 0 fully saturated rings. The van der Waals surface area contributed by atoms with Gasteiger partial charge in [0.1, 0.15) is 11.5 Å². The molecule has 2 aromatic rings. The Labute approximate surface area is 174 Å². The Bertz CT molecular complexity index is 875.